The third-order valence-corrected chi connectivity index (χ3v) is 4.86. The van der Waals surface area contributed by atoms with Crippen LogP contribution < -0.4 is 5.32 Å². The Kier molecular flexibility index (Phi) is 6.11. The van der Waals surface area contributed by atoms with Crippen LogP contribution in [0.2, 0.25) is 0 Å². The molecule has 1 amide bonds. The summed E-state index contributed by atoms with van der Waals surface area (Å²) in [6, 6.07) is 4.40. The number of hydrogen-bond acceptors (Lipinski definition) is 3. The first kappa shape index (κ1) is 22.8. The maximum atomic E-state index is 14.6. The zero-order valence-electron chi connectivity index (χ0n) is 17.8. The number of halogens is 4. The summed E-state index contributed by atoms with van der Waals surface area (Å²) >= 11 is 0. The third kappa shape index (κ3) is 5.42. The van der Waals surface area contributed by atoms with Gasteiger partial charge in [0.1, 0.15) is 17.2 Å². The van der Waals surface area contributed by atoms with Crippen molar-refractivity contribution < 1.29 is 27.1 Å². The van der Waals surface area contributed by atoms with E-state index in [4.69, 9.17) is 4.74 Å². The molecule has 0 atom stereocenters. The first-order valence-corrected chi connectivity index (χ1v) is 9.87. The number of alkyl halides is 2. The predicted molar refractivity (Wildman–Crippen MR) is 111 cm³/mol. The van der Waals surface area contributed by atoms with Gasteiger partial charge in [-0.2, -0.15) is 0 Å². The molecule has 1 N–H and O–H groups in total. The first-order valence-electron chi connectivity index (χ1n) is 9.87. The first-order chi connectivity index (χ1) is 14.4. The molecule has 8 heteroatoms. The highest BCUT2D eigenvalue weighted by molar-refractivity contribution is 5.96. The number of carbonyl (C=O) groups is 1. The molecule has 0 unspecified atom stereocenters. The van der Waals surface area contributed by atoms with Crippen LogP contribution in [0.5, 0.6) is 0 Å². The molecule has 1 aromatic carbocycles. The molecule has 4 nitrogen and oxygen atoms in total. The fraction of sp³-hybridized carbons (Fsp3) is 0.391. The lowest BCUT2D eigenvalue weighted by atomic mass is 9.86. The van der Waals surface area contributed by atoms with Gasteiger partial charge in [-0.1, -0.05) is 5.57 Å². The molecular weight excluding hydrogens is 412 g/mol. The van der Waals surface area contributed by atoms with Gasteiger partial charge >= 0.3 is 6.09 Å². The Hall–Kier alpha value is -2.90. The number of allylic oxidation sites excluding steroid dienone is 2. The van der Waals surface area contributed by atoms with E-state index in [1.54, 1.807) is 27.7 Å². The van der Waals surface area contributed by atoms with Gasteiger partial charge in [0.15, 0.2) is 0 Å². The van der Waals surface area contributed by atoms with E-state index < -0.39 is 35.7 Å². The second-order valence-corrected chi connectivity index (χ2v) is 8.62. The molecule has 2 aromatic rings. The van der Waals surface area contributed by atoms with Crippen molar-refractivity contribution in [1.82, 2.24) is 4.98 Å². The van der Waals surface area contributed by atoms with Gasteiger partial charge in [-0.15, -0.1) is 0 Å². The number of pyridine rings is 1. The predicted octanol–water partition coefficient (Wildman–Crippen LogP) is 6.97. The summed E-state index contributed by atoms with van der Waals surface area (Å²) in [7, 11) is 0. The van der Waals surface area contributed by atoms with Gasteiger partial charge in [0.25, 0.3) is 5.92 Å². The zero-order chi connectivity index (χ0) is 23.0. The lowest BCUT2D eigenvalue weighted by molar-refractivity contribution is -0.00914. The number of carbonyl (C=O) groups excluding carboxylic acids is 1. The Morgan fingerprint density at radius 1 is 1.16 bits per heavy atom. The average Bonchev–Trinajstić information content (AvgIpc) is 2.62. The van der Waals surface area contributed by atoms with Gasteiger partial charge in [0.05, 0.1) is 11.4 Å². The van der Waals surface area contributed by atoms with Crippen molar-refractivity contribution in [3.05, 3.63) is 53.4 Å². The molecule has 166 valence electrons. The quantitative estimate of drug-likeness (QED) is 0.529. The van der Waals surface area contributed by atoms with Crippen molar-refractivity contribution in [3.63, 3.8) is 0 Å². The van der Waals surface area contributed by atoms with Crippen LogP contribution in [-0.2, 0) is 4.74 Å². The van der Waals surface area contributed by atoms with Crippen LogP contribution in [0, 0.1) is 11.6 Å². The average molecular weight is 436 g/mol. The molecule has 1 heterocycles. The lowest BCUT2D eigenvalue weighted by Gasteiger charge is -2.27. The molecule has 0 bridgehead atoms. The minimum Gasteiger partial charge on any atom is -0.444 e. The Labute approximate surface area is 178 Å². The number of aromatic nitrogens is 1. The van der Waals surface area contributed by atoms with Crippen LogP contribution >= 0.6 is 0 Å². The number of nitrogens with one attached hydrogen (secondary N) is 1. The van der Waals surface area contributed by atoms with E-state index in [1.165, 1.54) is 12.3 Å². The molecule has 3 rings (SSSR count). The highest BCUT2D eigenvalue weighted by Gasteiger charge is 2.35. The Balaban J connectivity index is 2.18. The van der Waals surface area contributed by atoms with Crippen molar-refractivity contribution in [1.29, 1.82) is 0 Å². The van der Waals surface area contributed by atoms with E-state index in [2.05, 4.69) is 10.3 Å². The summed E-state index contributed by atoms with van der Waals surface area (Å²) in [6.07, 6.45) is -0.217. The molecule has 0 aliphatic heterocycles. The normalized spacial score (nSPS) is 16.3. The fourth-order valence-corrected chi connectivity index (χ4v) is 3.58. The third-order valence-electron chi connectivity index (χ3n) is 4.86. The molecule has 1 aliphatic carbocycles. The molecule has 0 saturated heterocycles. The van der Waals surface area contributed by atoms with Crippen LogP contribution in [0.4, 0.5) is 28.0 Å². The summed E-state index contributed by atoms with van der Waals surface area (Å²) in [6.45, 7) is 6.62. The summed E-state index contributed by atoms with van der Waals surface area (Å²) in [5.41, 5.74) is 0.558. The maximum absolute atomic E-state index is 14.6. The van der Waals surface area contributed by atoms with Gasteiger partial charge in [-0.3, -0.25) is 10.3 Å². The maximum Gasteiger partial charge on any atom is 0.412 e. The number of amides is 1. The summed E-state index contributed by atoms with van der Waals surface area (Å²) < 4.78 is 61.4. The lowest BCUT2D eigenvalue weighted by Crippen LogP contribution is -2.28. The topological polar surface area (TPSA) is 51.2 Å². The smallest absolute Gasteiger partial charge is 0.412 e. The second-order valence-electron chi connectivity index (χ2n) is 8.62. The van der Waals surface area contributed by atoms with Gasteiger partial charge in [0.2, 0.25) is 0 Å². The van der Waals surface area contributed by atoms with Gasteiger partial charge in [-0.25, -0.2) is 22.4 Å². The highest BCUT2D eigenvalue weighted by atomic mass is 19.3. The van der Waals surface area contributed by atoms with Crippen molar-refractivity contribution in [2.75, 3.05) is 5.32 Å². The minimum absolute atomic E-state index is 0.0317. The fourth-order valence-electron chi connectivity index (χ4n) is 3.58. The van der Waals surface area contributed by atoms with Gasteiger partial charge in [-0.05, 0) is 64.0 Å². The zero-order valence-corrected chi connectivity index (χ0v) is 17.8. The van der Waals surface area contributed by atoms with E-state index in [9.17, 15) is 22.4 Å². The summed E-state index contributed by atoms with van der Waals surface area (Å²) in [4.78, 5) is 16.8. The van der Waals surface area contributed by atoms with E-state index >= 15 is 0 Å². The monoisotopic (exact) mass is 436 g/mol. The molecule has 0 saturated carbocycles. The van der Waals surface area contributed by atoms with Gasteiger partial charge < -0.3 is 4.74 Å². The minimum atomic E-state index is -2.82. The van der Waals surface area contributed by atoms with Crippen LogP contribution in [0.15, 0.2) is 36.0 Å². The standard InChI is InChI=1S/C23H24F4N2O2/c1-13-12-23(26,27)9-7-15(13)19-20(29-21(30)31-22(2,3)4)16(8-10-28-19)17-11-14(24)5-6-18(17)25/h5-6,8,10-11H,7,9,12H2,1-4H3,(H,29,30). The van der Waals surface area contributed by atoms with Crippen LogP contribution in [0.25, 0.3) is 16.7 Å². The number of hydrogen-bond donors (Lipinski definition) is 1. The van der Waals surface area contributed by atoms with Crippen LogP contribution in [0.1, 0.15) is 52.7 Å². The Morgan fingerprint density at radius 2 is 1.87 bits per heavy atom. The summed E-state index contributed by atoms with van der Waals surface area (Å²) in [5.74, 6) is -4.18. The number of nitrogens with zero attached hydrogens (tertiary/aromatic N) is 1. The van der Waals surface area contributed by atoms with Crippen molar-refractivity contribution in [2.45, 2.75) is 58.5 Å². The number of rotatable bonds is 3. The number of ether oxygens (including phenoxy) is 1. The van der Waals surface area contributed by atoms with Crippen LogP contribution in [0.3, 0.4) is 0 Å². The molecule has 1 aliphatic rings. The van der Waals surface area contributed by atoms with E-state index in [1.807, 2.05) is 0 Å². The second kappa shape index (κ2) is 8.32. The van der Waals surface area contributed by atoms with E-state index in [-0.39, 0.29) is 35.3 Å². The summed E-state index contributed by atoms with van der Waals surface area (Å²) in [5, 5.41) is 2.58. The molecular formula is C23H24F4N2O2. The largest absolute Gasteiger partial charge is 0.444 e. The number of benzene rings is 1. The Bertz CT molecular complexity index is 1040. The Morgan fingerprint density at radius 3 is 2.52 bits per heavy atom. The van der Waals surface area contributed by atoms with E-state index in [0.29, 0.717) is 11.1 Å². The highest BCUT2D eigenvalue weighted by Crippen LogP contribution is 2.44. The molecule has 1 aromatic heterocycles. The van der Waals surface area contributed by atoms with Crippen molar-refractivity contribution >= 4 is 17.4 Å². The SMILES string of the molecule is CC1=C(c2nccc(-c3cc(F)ccc3F)c2NC(=O)OC(C)(C)C)CCC(F)(F)C1. The molecule has 0 fully saturated rings. The van der Waals surface area contributed by atoms with E-state index in [0.717, 1.165) is 18.2 Å². The van der Waals surface area contributed by atoms with Crippen molar-refractivity contribution in [2.24, 2.45) is 0 Å². The molecule has 31 heavy (non-hydrogen) atoms. The molecule has 0 spiro atoms. The van der Waals surface area contributed by atoms with Crippen LogP contribution in [-0.4, -0.2) is 22.6 Å². The van der Waals surface area contributed by atoms with Crippen molar-refractivity contribution in [3.8, 4) is 11.1 Å². The molecule has 0 radical (unpaired) electrons. The number of anilines is 1. The van der Waals surface area contributed by atoms with Gasteiger partial charge in [0, 0.05) is 30.2 Å².